The molecule has 0 aliphatic carbocycles. The zero-order chi connectivity index (χ0) is 22.4. The summed E-state index contributed by atoms with van der Waals surface area (Å²) in [5.74, 6) is 2.81. The van der Waals surface area contributed by atoms with Gasteiger partial charge in [0.2, 0.25) is 12.1 Å². The van der Waals surface area contributed by atoms with Crippen LogP contribution in [-0.2, 0) is 25.9 Å². The summed E-state index contributed by atoms with van der Waals surface area (Å²) in [6, 6.07) is 17.6. The Balaban J connectivity index is 1.37. The van der Waals surface area contributed by atoms with Crippen molar-refractivity contribution in [3.8, 4) is 17.2 Å². The zero-order valence-corrected chi connectivity index (χ0v) is 18.5. The predicted octanol–water partition coefficient (Wildman–Crippen LogP) is 3.74. The summed E-state index contributed by atoms with van der Waals surface area (Å²) in [5.41, 5.74) is 6.46. The molecule has 0 atom stereocenters. The Morgan fingerprint density at radius 1 is 1.06 bits per heavy atom. The zero-order valence-electron chi connectivity index (χ0n) is 18.5. The number of carbonyl (C=O) groups is 1. The Morgan fingerprint density at radius 2 is 1.88 bits per heavy atom. The molecule has 0 amide bonds. The van der Waals surface area contributed by atoms with Gasteiger partial charge in [0.05, 0.1) is 20.3 Å². The molecule has 3 heterocycles. The van der Waals surface area contributed by atoms with Crippen molar-refractivity contribution in [2.45, 2.75) is 25.9 Å². The average Bonchev–Trinajstić information content (AvgIpc) is 3.58. The van der Waals surface area contributed by atoms with Gasteiger partial charge >= 0.3 is 0 Å². The molecule has 0 saturated carbocycles. The SMILES string of the molecule is COc1ccc(C(=O)Cn2c[n+](Cc3c4c(cc5c3OCC5)OCC4)c3ccccc32)cc1. The highest BCUT2D eigenvalue weighted by atomic mass is 16.5. The quantitative estimate of drug-likeness (QED) is 0.338. The van der Waals surface area contributed by atoms with E-state index < -0.39 is 0 Å². The van der Waals surface area contributed by atoms with Crippen molar-refractivity contribution in [2.75, 3.05) is 20.3 Å². The minimum absolute atomic E-state index is 0.0591. The first-order valence-electron chi connectivity index (χ1n) is 11.3. The monoisotopic (exact) mass is 441 g/mol. The molecule has 6 rings (SSSR count). The lowest BCUT2D eigenvalue weighted by Crippen LogP contribution is -2.33. The van der Waals surface area contributed by atoms with E-state index in [0.717, 1.165) is 41.1 Å². The number of nitrogens with zero attached hydrogens (tertiary/aromatic N) is 2. The maximum Gasteiger partial charge on any atom is 0.245 e. The van der Waals surface area contributed by atoms with Crippen LogP contribution in [-0.4, -0.2) is 30.7 Å². The first-order valence-corrected chi connectivity index (χ1v) is 11.3. The van der Waals surface area contributed by atoms with Crippen molar-refractivity contribution < 1.29 is 23.6 Å². The summed E-state index contributed by atoms with van der Waals surface area (Å²) in [7, 11) is 1.62. The second-order valence-electron chi connectivity index (χ2n) is 8.53. The number of fused-ring (bicyclic) bond motifs is 3. The van der Waals surface area contributed by atoms with Crippen LogP contribution in [0.15, 0.2) is 60.9 Å². The molecule has 6 heteroatoms. The van der Waals surface area contributed by atoms with Crippen LogP contribution in [0.2, 0.25) is 0 Å². The summed E-state index contributed by atoms with van der Waals surface area (Å²) in [5, 5.41) is 0. The third-order valence-corrected chi connectivity index (χ3v) is 6.59. The van der Waals surface area contributed by atoms with E-state index in [1.165, 1.54) is 16.7 Å². The lowest BCUT2D eigenvalue weighted by atomic mass is 9.99. The Hall–Kier alpha value is -3.80. The Morgan fingerprint density at radius 3 is 2.73 bits per heavy atom. The molecule has 0 spiro atoms. The van der Waals surface area contributed by atoms with Gasteiger partial charge in [0.25, 0.3) is 0 Å². The number of methoxy groups -OCH3 is 1. The van der Waals surface area contributed by atoms with Gasteiger partial charge in [-0.1, -0.05) is 12.1 Å². The topological polar surface area (TPSA) is 53.6 Å². The van der Waals surface area contributed by atoms with Gasteiger partial charge in [0, 0.05) is 35.1 Å². The van der Waals surface area contributed by atoms with Gasteiger partial charge in [0.1, 0.15) is 23.8 Å². The van der Waals surface area contributed by atoms with Crippen LogP contribution in [0.4, 0.5) is 0 Å². The molecule has 0 N–H and O–H groups in total. The highest BCUT2D eigenvalue weighted by Crippen LogP contribution is 2.40. The molecule has 6 nitrogen and oxygen atoms in total. The van der Waals surface area contributed by atoms with Crippen LogP contribution in [0.25, 0.3) is 11.0 Å². The smallest absolute Gasteiger partial charge is 0.245 e. The molecule has 1 aromatic heterocycles. The van der Waals surface area contributed by atoms with Gasteiger partial charge in [-0.15, -0.1) is 0 Å². The van der Waals surface area contributed by atoms with Crippen LogP contribution in [0.5, 0.6) is 17.2 Å². The van der Waals surface area contributed by atoms with Gasteiger partial charge in [-0.25, -0.2) is 9.13 Å². The molecule has 2 aliphatic rings. The molecule has 33 heavy (non-hydrogen) atoms. The summed E-state index contributed by atoms with van der Waals surface area (Å²) >= 11 is 0. The number of imidazole rings is 1. The van der Waals surface area contributed by atoms with E-state index in [2.05, 4.69) is 22.8 Å². The van der Waals surface area contributed by atoms with E-state index in [0.29, 0.717) is 25.3 Å². The fourth-order valence-corrected chi connectivity index (χ4v) is 4.94. The number of hydrogen-bond acceptors (Lipinski definition) is 4. The van der Waals surface area contributed by atoms with Gasteiger partial charge < -0.3 is 14.2 Å². The second kappa shape index (κ2) is 7.96. The van der Waals surface area contributed by atoms with Crippen molar-refractivity contribution in [3.63, 3.8) is 0 Å². The average molecular weight is 442 g/mol. The highest BCUT2D eigenvalue weighted by molar-refractivity contribution is 5.96. The van der Waals surface area contributed by atoms with Crippen LogP contribution in [0, 0.1) is 0 Å². The van der Waals surface area contributed by atoms with Crippen molar-refractivity contribution >= 4 is 16.8 Å². The van der Waals surface area contributed by atoms with E-state index in [1.807, 2.05) is 47.3 Å². The molecule has 0 saturated heterocycles. The first kappa shape index (κ1) is 19.9. The first-order chi connectivity index (χ1) is 16.2. The molecule has 0 radical (unpaired) electrons. The number of rotatable bonds is 6. The number of ether oxygens (including phenoxy) is 3. The number of benzene rings is 3. The molecule has 0 bridgehead atoms. The highest BCUT2D eigenvalue weighted by Gasteiger charge is 2.29. The summed E-state index contributed by atoms with van der Waals surface area (Å²) in [4.78, 5) is 13.0. The third kappa shape index (κ3) is 3.42. The summed E-state index contributed by atoms with van der Waals surface area (Å²) < 4.78 is 21.4. The van der Waals surface area contributed by atoms with Crippen LogP contribution >= 0.6 is 0 Å². The molecule has 3 aromatic carbocycles. The Labute approximate surface area is 191 Å². The minimum Gasteiger partial charge on any atom is -0.497 e. The Kier molecular flexibility index (Phi) is 4.79. The van der Waals surface area contributed by atoms with E-state index in [4.69, 9.17) is 14.2 Å². The molecule has 4 aromatic rings. The lowest BCUT2D eigenvalue weighted by molar-refractivity contribution is -0.663. The molecule has 0 fully saturated rings. The molecule has 166 valence electrons. The van der Waals surface area contributed by atoms with E-state index in [9.17, 15) is 4.79 Å². The summed E-state index contributed by atoms with van der Waals surface area (Å²) in [6.07, 6.45) is 3.86. The maximum absolute atomic E-state index is 13.0. The van der Waals surface area contributed by atoms with Crippen LogP contribution < -0.4 is 18.8 Å². The van der Waals surface area contributed by atoms with Crippen LogP contribution in [0.1, 0.15) is 27.0 Å². The molecule has 2 aliphatic heterocycles. The van der Waals surface area contributed by atoms with Gasteiger partial charge in [-0.3, -0.25) is 4.79 Å². The number of Topliss-reactive ketones (excluding diaryl/α,β-unsaturated/α-hetero) is 1. The third-order valence-electron chi connectivity index (χ3n) is 6.59. The fourth-order valence-electron chi connectivity index (χ4n) is 4.94. The number of hydrogen-bond donors (Lipinski definition) is 0. The molecular weight excluding hydrogens is 416 g/mol. The maximum atomic E-state index is 13.0. The standard InChI is InChI=1S/C27H25N2O4/c1-31-20-8-6-18(7-9-20)25(30)16-29-17-28(23-4-2-3-5-24(23)29)15-22-21-11-13-32-26(21)14-19-10-12-33-27(19)22/h2-9,14,17H,10-13,15-16H2,1H3/q+1. The number of aromatic nitrogens is 2. The predicted molar refractivity (Wildman–Crippen MR) is 123 cm³/mol. The lowest BCUT2D eigenvalue weighted by Gasteiger charge is -2.11. The Bertz CT molecular complexity index is 1340. The second-order valence-corrected chi connectivity index (χ2v) is 8.53. The van der Waals surface area contributed by atoms with Crippen molar-refractivity contribution in [1.29, 1.82) is 0 Å². The van der Waals surface area contributed by atoms with E-state index >= 15 is 0 Å². The normalized spacial score (nSPS) is 14.0. The van der Waals surface area contributed by atoms with Crippen molar-refractivity contribution in [2.24, 2.45) is 0 Å². The van der Waals surface area contributed by atoms with Crippen molar-refractivity contribution in [3.05, 3.63) is 83.2 Å². The summed E-state index contributed by atoms with van der Waals surface area (Å²) in [6.45, 7) is 2.38. The van der Waals surface area contributed by atoms with E-state index in [-0.39, 0.29) is 12.3 Å². The minimum atomic E-state index is 0.0591. The van der Waals surface area contributed by atoms with Gasteiger partial charge in [-0.05, 0) is 42.5 Å². The van der Waals surface area contributed by atoms with E-state index in [1.54, 1.807) is 7.11 Å². The van der Waals surface area contributed by atoms with Gasteiger partial charge in [0.15, 0.2) is 17.6 Å². The van der Waals surface area contributed by atoms with Crippen molar-refractivity contribution in [1.82, 2.24) is 4.57 Å². The molecule has 0 unspecified atom stereocenters. The largest absolute Gasteiger partial charge is 0.497 e. The molecular formula is C27H25N2O4+. The van der Waals surface area contributed by atoms with Crippen LogP contribution in [0.3, 0.4) is 0 Å². The van der Waals surface area contributed by atoms with Gasteiger partial charge in [-0.2, -0.15) is 0 Å². The fraction of sp³-hybridized carbons (Fsp3) is 0.259. The number of para-hydroxylation sites is 2. The number of carbonyl (C=O) groups excluding carboxylic acids is 1. The number of ketones is 1.